The summed E-state index contributed by atoms with van der Waals surface area (Å²) in [6.45, 7) is 25.6. The van der Waals surface area contributed by atoms with Crippen molar-refractivity contribution >= 4 is 34.0 Å². The molecule has 3 unspecified atom stereocenters. The first-order valence-electron chi connectivity index (χ1n) is 11.4. The van der Waals surface area contributed by atoms with Crippen LogP contribution in [0.2, 0.25) is 57.4 Å². The fourth-order valence-corrected chi connectivity index (χ4v) is 21.4. The van der Waals surface area contributed by atoms with Gasteiger partial charge in [-0.15, -0.1) is 0 Å². The predicted octanol–water partition coefficient (Wildman–Crippen LogP) is 5.69. The van der Waals surface area contributed by atoms with E-state index in [1.54, 1.807) is 7.11 Å². The van der Waals surface area contributed by atoms with Crippen LogP contribution in [0.4, 0.5) is 0 Å². The number of hydrogen-bond acceptors (Lipinski definition) is 6. The Hall–Kier alpha value is 0.628. The Morgan fingerprint density at radius 3 is 1.67 bits per heavy atom. The Morgan fingerprint density at radius 1 is 0.667 bits per heavy atom. The second-order valence-corrected chi connectivity index (χ2v) is 24.8. The number of rotatable bonds is 19. The maximum atomic E-state index is 6.89. The second-order valence-electron chi connectivity index (χ2n) is 9.18. The smallest absolute Gasteiger partial charge is 0.325 e. The van der Waals surface area contributed by atoms with E-state index in [0.29, 0.717) is 19.6 Å². The van der Waals surface area contributed by atoms with Gasteiger partial charge in [0.1, 0.15) is 0 Å². The standard InChI is InChI=1S/C20H48O6Si4/c1-11-16-23-18-15-19-29(9,21-4)26-30(10,20-14-17-22-12-2)25-28(8,13-3)24-27(5,6)7/h1H,11-20H2,2-10H3. The molecule has 0 spiro atoms. The summed E-state index contributed by atoms with van der Waals surface area (Å²) in [5.41, 5.74) is 0. The molecule has 0 N–H and O–H groups in total. The molecule has 3 atom stereocenters. The Balaban J connectivity index is 5.34. The third-order valence-corrected chi connectivity index (χ3v) is 20.5. The minimum atomic E-state index is -2.53. The number of ether oxygens (including phenoxy) is 2. The van der Waals surface area contributed by atoms with Gasteiger partial charge in [0.2, 0.25) is 0 Å². The molecule has 0 amide bonds. The molecule has 0 bridgehead atoms. The first-order valence-corrected chi connectivity index (χ1v) is 22.4. The summed E-state index contributed by atoms with van der Waals surface area (Å²) in [5.74, 6) is 0. The summed E-state index contributed by atoms with van der Waals surface area (Å²) in [7, 11) is -7.23. The molecule has 2 radical (unpaired) electrons. The third kappa shape index (κ3) is 13.9. The van der Waals surface area contributed by atoms with Crippen LogP contribution in [0.1, 0.15) is 33.1 Å². The largest absolute Gasteiger partial charge is 0.437 e. The van der Waals surface area contributed by atoms with E-state index in [9.17, 15) is 0 Å². The minimum Gasteiger partial charge on any atom is -0.437 e. The van der Waals surface area contributed by atoms with Gasteiger partial charge in [0.05, 0.1) is 0 Å². The molecule has 0 fully saturated rings. The molecule has 30 heavy (non-hydrogen) atoms. The highest BCUT2D eigenvalue weighted by Gasteiger charge is 2.48. The minimum absolute atomic E-state index is 0.547. The highest BCUT2D eigenvalue weighted by atomic mass is 28.5. The lowest BCUT2D eigenvalue weighted by Gasteiger charge is -2.43. The molecule has 0 saturated heterocycles. The van der Waals surface area contributed by atoms with E-state index >= 15 is 0 Å². The lowest BCUT2D eigenvalue weighted by Crippen LogP contribution is -2.59. The van der Waals surface area contributed by atoms with E-state index in [1.807, 2.05) is 6.92 Å². The van der Waals surface area contributed by atoms with Crippen molar-refractivity contribution in [2.75, 3.05) is 33.5 Å². The first-order chi connectivity index (χ1) is 13.9. The second kappa shape index (κ2) is 14.7. The highest BCUT2D eigenvalue weighted by Crippen LogP contribution is 2.31. The van der Waals surface area contributed by atoms with Crippen molar-refractivity contribution in [3.63, 3.8) is 0 Å². The van der Waals surface area contributed by atoms with Crippen LogP contribution in [0.3, 0.4) is 0 Å². The fraction of sp³-hybridized carbons (Fsp3) is 0.950. The zero-order valence-corrected chi connectivity index (χ0v) is 25.1. The maximum absolute atomic E-state index is 6.89. The Labute approximate surface area is 191 Å². The molecule has 0 aromatic rings. The van der Waals surface area contributed by atoms with Crippen LogP contribution in [0.5, 0.6) is 0 Å². The van der Waals surface area contributed by atoms with Crippen LogP contribution < -0.4 is 0 Å². The summed E-state index contributed by atoms with van der Waals surface area (Å²) in [6, 6.07) is 2.65. The van der Waals surface area contributed by atoms with Gasteiger partial charge in [-0.25, -0.2) is 0 Å². The van der Waals surface area contributed by atoms with Crippen LogP contribution in [-0.4, -0.2) is 67.5 Å². The molecule has 180 valence electrons. The van der Waals surface area contributed by atoms with Gasteiger partial charge in [0, 0.05) is 33.5 Å². The van der Waals surface area contributed by atoms with Crippen molar-refractivity contribution in [3.8, 4) is 0 Å². The van der Waals surface area contributed by atoms with Gasteiger partial charge in [0.15, 0.2) is 8.32 Å². The maximum Gasteiger partial charge on any atom is 0.325 e. The first kappa shape index (κ1) is 30.6. The van der Waals surface area contributed by atoms with E-state index < -0.39 is 34.0 Å². The molecule has 0 rings (SSSR count). The SMILES string of the molecule is [CH]CCOCCC[Si](C)(OC)O[Si](C)(CCCOCC)O[Si](C)(CC)O[Si](C)(C)C. The summed E-state index contributed by atoms with van der Waals surface area (Å²) in [4.78, 5) is 0. The van der Waals surface area contributed by atoms with Crippen molar-refractivity contribution < 1.29 is 26.2 Å². The average molecular weight is 497 g/mol. The highest BCUT2D eigenvalue weighted by molar-refractivity contribution is 6.89. The van der Waals surface area contributed by atoms with Gasteiger partial charge in [-0.2, -0.15) is 0 Å². The molecule has 0 aromatic heterocycles. The van der Waals surface area contributed by atoms with Gasteiger partial charge in [-0.1, -0.05) is 6.92 Å². The van der Waals surface area contributed by atoms with E-state index in [4.69, 9.17) is 33.2 Å². The van der Waals surface area contributed by atoms with E-state index in [2.05, 4.69) is 46.2 Å². The van der Waals surface area contributed by atoms with Crippen LogP contribution in [-0.2, 0) is 26.2 Å². The zero-order chi connectivity index (χ0) is 23.3. The van der Waals surface area contributed by atoms with Crippen molar-refractivity contribution in [3.05, 3.63) is 6.92 Å². The zero-order valence-electron chi connectivity index (χ0n) is 21.1. The Bertz CT molecular complexity index is 454. The molecule has 0 aliphatic rings. The van der Waals surface area contributed by atoms with Gasteiger partial charge in [0.25, 0.3) is 0 Å². The lowest BCUT2D eigenvalue weighted by atomic mass is 10.5. The normalized spacial score (nSPS) is 18.6. The van der Waals surface area contributed by atoms with Crippen molar-refractivity contribution in [1.82, 2.24) is 0 Å². The number of hydrogen-bond donors (Lipinski definition) is 0. The van der Waals surface area contributed by atoms with Gasteiger partial charge < -0.3 is 26.2 Å². The van der Waals surface area contributed by atoms with E-state index in [-0.39, 0.29) is 0 Å². The van der Waals surface area contributed by atoms with Gasteiger partial charge in [-0.3, -0.25) is 0 Å². The third-order valence-electron chi connectivity index (χ3n) is 4.77. The molecular weight excluding hydrogens is 449 g/mol. The van der Waals surface area contributed by atoms with Crippen LogP contribution in [0.25, 0.3) is 0 Å². The monoisotopic (exact) mass is 496 g/mol. The van der Waals surface area contributed by atoms with E-state index in [1.165, 1.54) is 0 Å². The molecule has 0 aromatic carbocycles. The molecule has 0 saturated carbocycles. The van der Waals surface area contributed by atoms with Crippen LogP contribution >= 0.6 is 0 Å². The van der Waals surface area contributed by atoms with Crippen LogP contribution in [0, 0.1) is 6.92 Å². The van der Waals surface area contributed by atoms with E-state index in [0.717, 1.165) is 44.2 Å². The predicted molar refractivity (Wildman–Crippen MR) is 134 cm³/mol. The molecule has 0 heterocycles. The lowest BCUT2D eigenvalue weighted by molar-refractivity contribution is 0.136. The molecule has 0 aliphatic heterocycles. The van der Waals surface area contributed by atoms with Crippen molar-refractivity contribution in [1.29, 1.82) is 0 Å². The quantitative estimate of drug-likeness (QED) is 0.169. The van der Waals surface area contributed by atoms with Gasteiger partial charge in [-0.05, 0) is 90.5 Å². The van der Waals surface area contributed by atoms with Crippen molar-refractivity contribution in [2.24, 2.45) is 0 Å². The summed E-state index contributed by atoms with van der Waals surface area (Å²) in [5, 5.41) is 0. The van der Waals surface area contributed by atoms with Crippen molar-refractivity contribution in [2.45, 2.75) is 90.5 Å². The molecular formula is C20H48O6Si4. The summed E-state index contributed by atoms with van der Waals surface area (Å²) >= 11 is 0. The Morgan fingerprint density at radius 2 is 1.20 bits per heavy atom. The fourth-order valence-electron chi connectivity index (χ4n) is 3.36. The molecule has 6 nitrogen and oxygen atoms in total. The topological polar surface area (TPSA) is 55.4 Å². The van der Waals surface area contributed by atoms with Gasteiger partial charge >= 0.3 is 25.7 Å². The summed E-state index contributed by atoms with van der Waals surface area (Å²) < 4.78 is 37.4. The summed E-state index contributed by atoms with van der Waals surface area (Å²) in [6.07, 6.45) is 2.37. The Kier molecular flexibility index (Phi) is 15.0. The average Bonchev–Trinajstić information content (AvgIpc) is 2.63. The van der Waals surface area contributed by atoms with Crippen LogP contribution in [0.15, 0.2) is 0 Å². The molecule has 10 heteroatoms. The molecule has 0 aliphatic carbocycles.